The molecule has 0 aliphatic heterocycles. The quantitative estimate of drug-likeness (QED) is 0.533. The van der Waals surface area contributed by atoms with E-state index >= 15 is 0 Å². The summed E-state index contributed by atoms with van der Waals surface area (Å²) in [7, 11) is 0. The van der Waals surface area contributed by atoms with Crippen LogP contribution in [0.1, 0.15) is 10.4 Å². The van der Waals surface area contributed by atoms with Crippen LogP contribution in [0.15, 0.2) is 29.2 Å². The van der Waals surface area contributed by atoms with E-state index in [-0.39, 0.29) is 10.5 Å². The lowest BCUT2D eigenvalue weighted by atomic mass is 10.2. The summed E-state index contributed by atoms with van der Waals surface area (Å²) >= 11 is -2.45. The summed E-state index contributed by atoms with van der Waals surface area (Å²) in [6.45, 7) is 0. The van der Waals surface area contributed by atoms with E-state index in [1.807, 2.05) is 0 Å². The Hall–Kier alpha value is -1.20. The first-order valence-corrected chi connectivity index (χ1v) is 4.32. The van der Waals surface area contributed by atoms with Crippen molar-refractivity contribution in [2.45, 2.75) is 4.90 Å². The standard InChI is InChI=1S/C7H6O4S/c8-7(9)5-2-1-3-6(4-5)12(10)11/h1-4H,(H,8,9)(H,10,11)/p+1. The van der Waals surface area contributed by atoms with Crippen molar-refractivity contribution in [1.29, 1.82) is 0 Å². The molecule has 4 nitrogen and oxygen atoms in total. The number of rotatable bonds is 2. The molecule has 0 saturated carbocycles. The maximum Gasteiger partial charge on any atom is 0.335 e. The van der Waals surface area contributed by atoms with Crippen molar-refractivity contribution in [1.82, 2.24) is 0 Å². The molecule has 0 bridgehead atoms. The molecule has 0 heterocycles. The second-order valence-electron chi connectivity index (χ2n) is 2.13. The first kappa shape index (κ1) is 8.89. The van der Waals surface area contributed by atoms with Crippen molar-refractivity contribution in [2.75, 3.05) is 0 Å². The Kier molecular flexibility index (Phi) is 2.57. The van der Waals surface area contributed by atoms with Crippen LogP contribution in [-0.2, 0) is 15.3 Å². The van der Waals surface area contributed by atoms with Crippen LogP contribution in [0.4, 0.5) is 0 Å². The number of carbonyl (C=O) groups is 1. The lowest BCUT2D eigenvalue weighted by molar-refractivity contribution is 0.0696. The third kappa shape index (κ3) is 1.90. The second kappa shape index (κ2) is 3.46. The molecule has 1 aromatic carbocycles. The SMILES string of the molecule is O=C(O)c1cccc([SH+](=O)O)c1. The monoisotopic (exact) mass is 187 g/mol. The maximum absolute atomic E-state index is 10.5. The van der Waals surface area contributed by atoms with Gasteiger partial charge in [-0.2, -0.15) is 4.55 Å². The Morgan fingerprint density at radius 2 is 2.08 bits per heavy atom. The van der Waals surface area contributed by atoms with E-state index in [0.717, 1.165) is 0 Å². The molecule has 0 radical (unpaired) electrons. The van der Waals surface area contributed by atoms with Gasteiger partial charge in [0.2, 0.25) is 11.1 Å². The van der Waals surface area contributed by atoms with Gasteiger partial charge < -0.3 is 5.11 Å². The number of hydrogen-bond donors (Lipinski definition) is 2. The fraction of sp³-hybridized carbons (Fsp3) is 0. The van der Waals surface area contributed by atoms with E-state index in [9.17, 15) is 9.00 Å². The van der Waals surface area contributed by atoms with Gasteiger partial charge in [0.1, 0.15) is 0 Å². The molecule has 5 heteroatoms. The second-order valence-corrected chi connectivity index (χ2v) is 3.19. The Labute approximate surface area is 71.1 Å². The first-order valence-electron chi connectivity index (χ1n) is 3.11. The molecule has 0 aromatic heterocycles. The number of benzene rings is 1. The largest absolute Gasteiger partial charge is 0.478 e. The molecule has 1 rings (SSSR count). The summed E-state index contributed by atoms with van der Waals surface area (Å²) < 4.78 is 19.2. The average Bonchev–Trinajstić information content (AvgIpc) is 2.04. The molecule has 12 heavy (non-hydrogen) atoms. The van der Waals surface area contributed by atoms with Gasteiger partial charge in [-0.15, -0.1) is 0 Å². The zero-order valence-electron chi connectivity index (χ0n) is 5.97. The van der Waals surface area contributed by atoms with Crippen LogP contribution in [0.2, 0.25) is 0 Å². The zero-order valence-corrected chi connectivity index (χ0v) is 6.86. The molecule has 1 atom stereocenters. The van der Waals surface area contributed by atoms with E-state index in [0.29, 0.717) is 0 Å². The Balaban J connectivity index is 3.12. The molecular weight excluding hydrogens is 180 g/mol. The minimum Gasteiger partial charge on any atom is -0.478 e. The molecule has 0 fully saturated rings. The van der Waals surface area contributed by atoms with Crippen LogP contribution in [0.25, 0.3) is 0 Å². The van der Waals surface area contributed by atoms with Crippen molar-refractivity contribution in [3.8, 4) is 0 Å². The molecule has 0 amide bonds. The lowest BCUT2D eigenvalue weighted by Gasteiger charge is -1.92. The minimum absolute atomic E-state index is 0.0184. The third-order valence-electron chi connectivity index (χ3n) is 1.31. The number of hydrogen-bond acceptors (Lipinski definition) is 2. The Bertz CT molecular complexity index is 305. The molecule has 0 aliphatic carbocycles. The molecule has 1 aromatic rings. The Morgan fingerprint density at radius 3 is 2.58 bits per heavy atom. The molecule has 64 valence electrons. The van der Waals surface area contributed by atoms with Crippen molar-refractivity contribution in [3.63, 3.8) is 0 Å². The highest BCUT2D eigenvalue weighted by Gasteiger charge is 2.09. The fourth-order valence-electron chi connectivity index (χ4n) is 0.758. The summed E-state index contributed by atoms with van der Waals surface area (Å²) in [4.78, 5) is 10.5. The molecule has 1 unspecified atom stereocenters. The smallest absolute Gasteiger partial charge is 0.335 e. The normalized spacial score (nSPS) is 12.4. The van der Waals surface area contributed by atoms with E-state index in [4.69, 9.17) is 9.66 Å². The number of aromatic carboxylic acids is 1. The number of thiol groups is 1. The highest BCUT2D eigenvalue weighted by atomic mass is 32.2. The van der Waals surface area contributed by atoms with Gasteiger partial charge in [0.05, 0.1) is 5.56 Å². The van der Waals surface area contributed by atoms with Gasteiger partial charge in [0, 0.05) is 6.07 Å². The first-order chi connectivity index (χ1) is 5.61. The van der Waals surface area contributed by atoms with Crippen molar-refractivity contribution in [2.24, 2.45) is 0 Å². The van der Waals surface area contributed by atoms with Crippen LogP contribution < -0.4 is 0 Å². The topological polar surface area (TPSA) is 74.6 Å². The Morgan fingerprint density at radius 1 is 1.42 bits per heavy atom. The van der Waals surface area contributed by atoms with Gasteiger partial charge in [-0.25, -0.2) is 4.79 Å². The number of carboxylic acid groups (broad SMARTS) is 1. The summed E-state index contributed by atoms with van der Waals surface area (Å²) in [5.41, 5.74) is 0.0184. The van der Waals surface area contributed by atoms with Gasteiger partial charge in [-0.3, -0.25) is 0 Å². The van der Waals surface area contributed by atoms with Gasteiger partial charge in [-0.05, 0) is 12.1 Å². The summed E-state index contributed by atoms with van der Waals surface area (Å²) in [6, 6.07) is 5.39. The maximum atomic E-state index is 10.5. The van der Waals surface area contributed by atoms with Crippen molar-refractivity contribution >= 4 is 17.0 Å². The van der Waals surface area contributed by atoms with Crippen LogP contribution in [0.3, 0.4) is 0 Å². The van der Waals surface area contributed by atoms with E-state index in [2.05, 4.69) is 0 Å². The van der Waals surface area contributed by atoms with E-state index in [1.54, 1.807) is 0 Å². The fourth-order valence-corrected chi connectivity index (χ4v) is 1.22. The third-order valence-corrected chi connectivity index (χ3v) is 2.03. The average molecular weight is 187 g/mol. The van der Waals surface area contributed by atoms with Crippen LogP contribution >= 0.6 is 0 Å². The predicted molar refractivity (Wildman–Crippen MR) is 43.7 cm³/mol. The van der Waals surface area contributed by atoms with E-state index in [1.165, 1.54) is 24.3 Å². The van der Waals surface area contributed by atoms with E-state index < -0.39 is 17.0 Å². The van der Waals surface area contributed by atoms with Crippen LogP contribution in [0, 0.1) is 0 Å². The molecular formula is C7H7O4S+. The van der Waals surface area contributed by atoms with Crippen molar-refractivity contribution in [3.05, 3.63) is 29.8 Å². The molecule has 0 aliphatic rings. The van der Waals surface area contributed by atoms with Gasteiger partial charge >= 0.3 is 5.97 Å². The van der Waals surface area contributed by atoms with Gasteiger partial charge in [0.25, 0.3) is 0 Å². The molecule has 2 N–H and O–H groups in total. The zero-order chi connectivity index (χ0) is 9.14. The van der Waals surface area contributed by atoms with Crippen LogP contribution in [-0.4, -0.2) is 15.6 Å². The van der Waals surface area contributed by atoms with Gasteiger partial charge in [0.15, 0.2) is 4.90 Å². The molecule has 0 spiro atoms. The number of carboxylic acids is 1. The lowest BCUT2D eigenvalue weighted by Crippen LogP contribution is -1.97. The minimum atomic E-state index is -2.45. The van der Waals surface area contributed by atoms with Gasteiger partial charge in [-0.1, -0.05) is 10.3 Å². The highest BCUT2D eigenvalue weighted by Crippen LogP contribution is 2.08. The summed E-state index contributed by atoms with van der Waals surface area (Å²) in [6.07, 6.45) is 0. The summed E-state index contributed by atoms with van der Waals surface area (Å²) in [5.74, 6) is -1.10. The van der Waals surface area contributed by atoms with Crippen molar-refractivity contribution < 1.29 is 18.7 Å². The van der Waals surface area contributed by atoms with Crippen LogP contribution in [0.5, 0.6) is 0 Å². The molecule has 0 saturated heterocycles. The highest BCUT2D eigenvalue weighted by molar-refractivity contribution is 7.79. The summed E-state index contributed by atoms with van der Waals surface area (Å²) in [5, 5.41) is 8.51. The predicted octanol–water partition coefficient (Wildman–Crippen LogP) is 0.913.